The van der Waals surface area contributed by atoms with Gasteiger partial charge in [-0.05, 0) is 36.8 Å². The number of nitrogens with one attached hydrogen (secondary N) is 1. The zero-order chi connectivity index (χ0) is 17.9. The molecule has 1 atom stereocenters. The second-order valence-electron chi connectivity index (χ2n) is 6.51. The molecule has 26 heavy (non-hydrogen) atoms. The van der Waals surface area contributed by atoms with Crippen molar-refractivity contribution in [2.24, 2.45) is 5.92 Å². The normalized spacial score (nSPS) is 18.0. The average molecular weight is 354 g/mol. The van der Waals surface area contributed by atoms with Crippen molar-refractivity contribution in [1.29, 1.82) is 0 Å². The molecule has 3 aromatic rings. The van der Waals surface area contributed by atoms with E-state index in [-0.39, 0.29) is 17.6 Å². The van der Waals surface area contributed by atoms with Crippen LogP contribution in [0.5, 0.6) is 0 Å². The van der Waals surface area contributed by atoms with Gasteiger partial charge in [0.1, 0.15) is 17.8 Å². The van der Waals surface area contributed by atoms with Crippen molar-refractivity contribution in [3.05, 3.63) is 60.1 Å². The van der Waals surface area contributed by atoms with Gasteiger partial charge in [-0.2, -0.15) is 0 Å². The first kappa shape index (κ1) is 16.7. The molecule has 0 bridgehead atoms. The van der Waals surface area contributed by atoms with Crippen LogP contribution in [0.2, 0.25) is 0 Å². The molecule has 3 heterocycles. The van der Waals surface area contributed by atoms with Crippen LogP contribution in [0.1, 0.15) is 16.2 Å². The summed E-state index contributed by atoms with van der Waals surface area (Å²) in [4.78, 5) is 25.9. The predicted octanol–water partition coefficient (Wildman–Crippen LogP) is 2.43. The highest BCUT2D eigenvalue weighted by Gasteiger charge is 2.25. The number of halogens is 1. The van der Waals surface area contributed by atoms with E-state index in [1.165, 1.54) is 18.5 Å². The molecule has 134 valence electrons. The Bertz CT molecular complexity index is 912. The minimum atomic E-state index is -0.327. The van der Waals surface area contributed by atoms with E-state index < -0.39 is 0 Å². The van der Waals surface area contributed by atoms with Crippen molar-refractivity contribution in [2.75, 3.05) is 26.3 Å². The van der Waals surface area contributed by atoms with Gasteiger partial charge in [-0.15, -0.1) is 0 Å². The highest BCUT2D eigenvalue weighted by Crippen LogP contribution is 2.19. The van der Waals surface area contributed by atoms with Crippen LogP contribution in [0.3, 0.4) is 0 Å². The maximum Gasteiger partial charge on any atom is 0.270 e. The monoisotopic (exact) mass is 354 g/mol. The van der Waals surface area contributed by atoms with E-state index in [1.54, 1.807) is 23.2 Å². The number of ether oxygens (including phenoxy) is 1. The molecule has 1 aliphatic heterocycles. The summed E-state index contributed by atoms with van der Waals surface area (Å²) in [6, 6.07) is 8.10. The Morgan fingerprint density at radius 2 is 2.27 bits per heavy atom. The van der Waals surface area contributed by atoms with E-state index >= 15 is 0 Å². The SMILES string of the molecule is O=C(c1cc2ccc(F)cc2[nH]1)N1CCOCC(Cc2ccncn2)C1. The van der Waals surface area contributed by atoms with Gasteiger partial charge in [0.25, 0.3) is 5.91 Å². The van der Waals surface area contributed by atoms with Gasteiger partial charge in [0.15, 0.2) is 0 Å². The van der Waals surface area contributed by atoms with Crippen molar-refractivity contribution in [2.45, 2.75) is 6.42 Å². The van der Waals surface area contributed by atoms with Crippen molar-refractivity contribution < 1.29 is 13.9 Å². The number of benzene rings is 1. The number of rotatable bonds is 3. The van der Waals surface area contributed by atoms with Crippen LogP contribution in [0.4, 0.5) is 4.39 Å². The molecule has 1 unspecified atom stereocenters. The van der Waals surface area contributed by atoms with Crippen LogP contribution < -0.4 is 0 Å². The third-order valence-electron chi connectivity index (χ3n) is 4.58. The third kappa shape index (κ3) is 3.57. The summed E-state index contributed by atoms with van der Waals surface area (Å²) < 4.78 is 19.0. The number of hydrogen-bond donors (Lipinski definition) is 1. The quantitative estimate of drug-likeness (QED) is 0.784. The van der Waals surface area contributed by atoms with Crippen molar-refractivity contribution in [1.82, 2.24) is 19.9 Å². The van der Waals surface area contributed by atoms with Crippen LogP contribution in [0.25, 0.3) is 10.9 Å². The minimum Gasteiger partial charge on any atom is -0.379 e. The second kappa shape index (κ2) is 7.21. The number of amides is 1. The van der Waals surface area contributed by atoms with Crippen LogP contribution in [-0.4, -0.2) is 52.1 Å². The van der Waals surface area contributed by atoms with Gasteiger partial charge in [-0.1, -0.05) is 0 Å². The van der Waals surface area contributed by atoms with Crippen molar-refractivity contribution >= 4 is 16.8 Å². The zero-order valence-electron chi connectivity index (χ0n) is 14.2. The summed E-state index contributed by atoms with van der Waals surface area (Å²) >= 11 is 0. The largest absolute Gasteiger partial charge is 0.379 e. The fourth-order valence-corrected chi connectivity index (χ4v) is 3.31. The van der Waals surface area contributed by atoms with E-state index in [2.05, 4.69) is 15.0 Å². The molecular weight excluding hydrogens is 335 g/mol. The fraction of sp³-hybridized carbons (Fsp3) is 0.316. The number of fused-ring (bicyclic) bond motifs is 1. The van der Waals surface area contributed by atoms with Crippen molar-refractivity contribution in [3.63, 3.8) is 0 Å². The number of H-pyrrole nitrogens is 1. The van der Waals surface area contributed by atoms with Crippen LogP contribution >= 0.6 is 0 Å². The Morgan fingerprint density at radius 1 is 1.35 bits per heavy atom. The molecule has 2 aromatic heterocycles. The lowest BCUT2D eigenvalue weighted by atomic mass is 10.0. The molecule has 1 saturated heterocycles. The highest BCUT2D eigenvalue weighted by atomic mass is 19.1. The standard InChI is InChI=1S/C19H19FN4O2/c20-15-2-1-14-8-18(23-17(14)9-15)19(25)24-5-6-26-11-13(10-24)7-16-3-4-21-12-22-16/h1-4,8-9,12-13,23H,5-7,10-11H2. The number of aromatic nitrogens is 3. The van der Waals surface area contributed by atoms with Gasteiger partial charge in [0.2, 0.25) is 0 Å². The fourth-order valence-electron chi connectivity index (χ4n) is 3.31. The number of carbonyl (C=O) groups is 1. The summed E-state index contributed by atoms with van der Waals surface area (Å²) in [6.45, 7) is 2.21. The highest BCUT2D eigenvalue weighted by molar-refractivity contribution is 5.98. The summed E-state index contributed by atoms with van der Waals surface area (Å²) in [5.74, 6) is -0.260. The van der Waals surface area contributed by atoms with Gasteiger partial charge >= 0.3 is 0 Å². The summed E-state index contributed by atoms with van der Waals surface area (Å²) in [6.07, 6.45) is 3.97. The van der Waals surface area contributed by atoms with Gasteiger partial charge < -0.3 is 14.6 Å². The van der Waals surface area contributed by atoms with Crippen molar-refractivity contribution in [3.8, 4) is 0 Å². The Balaban J connectivity index is 1.51. The molecule has 0 saturated carbocycles. The van der Waals surface area contributed by atoms with Crippen LogP contribution in [-0.2, 0) is 11.2 Å². The molecule has 1 amide bonds. The van der Waals surface area contributed by atoms with E-state index in [9.17, 15) is 9.18 Å². The number of nitrogens with zero attached hydrogens (tertiary/aromatic N) is 3. The number of hydrogen-bond acceptors (Lipinski definition) is 4. The molecule has 7 heteroatoms. The van der Waals surface area contributed by atoms with Crippen LogP contribution in [0, 0.1) is 11.7 Å². The molecule has 0 radical (unpaired) electrons. The van der Waals surface area contributed by atoms with Gasteiger partial charge in [-0.3, -0.25) is 4.79 Å². The average Bonchev–Trinajstić information content (AvgIpc) is 2.93. The molecule has 1 aromatic carbocycles. The lowest BCUT2D eigenvalue weighted by Gasteiger charge is -2.23. The first-order chi connectivity index (χ1) is 12.7. The number of aromatic amines is 1. The maximum atomic E-state index is 13.4. The van der Waals surface area contributed by atoms with E-state index in [0.29, 0.717) is 37.5 Å². The predicted molar refractivity (Wildman–Crippen MR) is 94.2 cm³/mol. The molecule has 6 nitrogen and oxygen atoms in total. The lowest BCUT2D eigenvalue weighted by molar-refractivity contribution is 0.0732. The van der Waals surface area contributed by atoms with Gasteiger partial charge in [0, 0.05) is 41.8 Å². The number of carbonyl (C=O) groups excluding carboxylic acids is 1. The molecule has 4 rings (SSSR count). The summed E-state index contributed by atoms with van der Waals surface area (Å²) in [5.41, 5.74) is 2.02. The summed E-state index contributed by atoms with van der Waals surface area (Å²) in [7, 11) is 0. The Kier molecular flexibility index (Phi) is 4.62. The molecule has 1 aliphatic rings. The van der Waals surface area contributed by atoms with E-state index in [1.807, 2.05) is 6.07 Å². The Labute approximate surface area is 150 Å². The molecule has 1 fully saturated rings. The minimum absolute atomic E-state index is 0.0974. The van der Waals surface area contributed by atoms with E-state index in [4.69, 9.17) is 4.74 Å². The molecule has 0 spiro atoms. The van der Waals surface area contributed by atoms with E-state index in [0.717, 1.165) is 17.5 Å². The van der Waals surface area contributed by atoms with Gasteiger partial charge in [0.05, 0.1) is 13.2 Å². The van der Waals surface area contributed by atoms with Gasteiger partial charge in [-0.25, -0.2) is 14.4 Å². The Morgan fingerprint density at radius 3 is 3.12 bits per heavy atom. The first-order valence-electron chi connectivity index (χ1n) is 8.59. The maximum absolute atomic E-state index is 13.4. The molecular formula is C19H19FN4O2. The molecule has 0 aliphatic carbocycles. The second-order valence-corrected chi connectivity index (χ2v) is 6.51. The smallest absolute Gasteiger partial charge is 0.270 e. The van der Waals surface area contributed by atoms with Crippen LogP contribution in [0.15, 0.2) is 42.9 Å². The molecule has 1 N–H and O–H groups in total. The zero-order valence-corrected chi connectivity index (χ0v) is 14.2. The Hall–Kier alpha value is -2.80. The first-order valence-corrected chi connectivity index (χ1v) is 8.59. The topological polar surface area (TPSA) is 71.1 Å². The lowest BCUT2D eigenvalue weighted by Crippen LogP contribution is -2.36. The summed E-state index contributed by atoms with van der Waals surface area (Å²) in [5, 5.41) is 0.818. The third-order valence-corrected chi connectivity index (χ3v) is 4.58.